The summed E-state index contributed by atoms with van der Waals surface area (Å²) in [7, 11) is 0. The lowest BCUT2D eigenvalue weighted by atomic mass is 9.47. The number of allylic oxidation sites excluding steroid dienone is 4. The Labute approximate surface area is 135 Å². The average molecular weight is 300 g/mol. The van der Waals surface area contributed by atoms with Gasteiger partial charge in [-0.05, 0) is 85.5 Å². The van der Waals surface area contributed by atoms with E-state index in [1.807, 2.05) is 0 Å². The van der Waals surface area contributed by atoms with E-state index < -0.39 is 5.60 Å². The summed E-state index contributed by atoms with van der Waals surface area (Å²) in [5, 5.41) is 11.2. The van der Waals surface area contributed by atoms with Gasteiger partial charge in [-0.25, -0.2) is 0 Å². The number of hydrogen-bond acceptors (Lipinski definition) is 1. The third-order valence-corrected chi connectivity index (χ3v) is 8.56. The molecule has 0 radical (unpaired) electrons. The second-order valence-corrected chi connectivity index (χ2v) is 9.01. The van der Waals surface area contributed by atoms with E-state index in [0.29, 0.717) is 5.41 Å². The van der Waals surface area contributed by atoms with Crippen LogP contribution in [0.15, 0.2) is 23.8 Å². The van der Waals surface area contributed by atoms with Crippen LogP contribution in [-0.4, -0.2) is 10.7 Å². The molecule has 1 heteroatoms. The van der Waals surface area contributed by atoms with Crippen molar-refractivity contribution in [3.05, 3.63) is 23.8 Å². The summed E-state index contributed by atoms with van der Waals surface area (Å²) < 4.78 is 0. The Bertz CT molecular complexity index is 532. The first-order valence-electron chi connectivity index (χ1n) is 9.54. The monoisotopic (exact) mass is 300 g/mol. The first kappa shape index (κ1) is 15.0. The highest BCUT2D eigenvalue weighted by Crippen LogP contribution is 2.67. The molecule has 0 aromatic rings. The van der Waals surface area contributed by atoms with Crippen LogP contribution in [0.1, 0.15) is 72.1 Å². The Balaban J connectivity index is 1.71. The SMILES string of the molecule is CC[C@@]1(O)CC[C@H]2[C@@H]3CC=C4C=CCC[C@]4(C)[C@H]3CC[C@@]21C. The van der Waals surface area contributed by atoms with Crippen molar-refractivity contribution in [2.75, 3.05) is 0 Å². The van der Waals surface area contributed by atoms with E-state index in [0.717, 1.165) is 30.6 Å². The van der Waals surface area contributed by atoms with Crippen LogP contribution < -0.4 is 0 Å². The maximum Gasteiger partial charge on any atom is 0.0701 e. The summed E-state index contributed by atoms with van der Waals surface area (Å²) in [6, 6.07) is 0. The smallest absolute Gasteiger partial charge is 0.0701 e. The fraction of sp³-hybridized carbons (Fsp3) is 0.810. The summed E-state index contributed by atoms with van der Waals surface area (Å²) in [4.78, 5) is 0. The van der Waals surface area contributed by atoms with Crippen LogP contribution in [0.5, 0.6) is 0 Å². The van der Waals surface area contributed by atoms with Crippen molar-refractivity contribution in [1.82, 2.24) is 0 Å². The molecule has 4 rings (SSSR count). The van der Waals surface area contributed by atoms with Gasteiger partial charge in [0.15, 0.2) is 0 Å². The molecule has 0 unspecified atom stereocenters. The molecule has 0 heterocycles. The Morgan fingerprint density at radius 2 is 1.91 bits per heavy atom. The van der Waals surface area contributed by atoms with Crippen LogP contribution in [0, 0.1) is 28.6 Å². The van der Waals surface area contributed by atoms with Crippen molar-refractivity contribution in [2.45, 2.75) is 77.7 Å². The highest BCUT2D eigenvalue weighted by atomic mass is 16.3. The molecule has 6 atom stereocenters. The highest BCUT2D eigenvalue weighted by Gasteiger charge is 2.62. The molecule has 22 heavy (non-hydrogen) atoms. The molecule has 0 amide bonds. The quantitative estimate of drug-likeness (QED) is 0.700. The lowest BCUT2D eigenvalue weighted by molar-refractivity contribution is -0.122. The lowest BCUT2D eigenvalue weighted by Gasteiger charge is -2.58. The van der Waals surface area contributed by atoms with Gasteiger partial charge in [0.25, 0.3) is 0 Å². The molecule has 4 aliphatic rings. The zero-order valence-corrected chi connectivity index (χ0v) is 14.6. The third kappa shape index (κ3) is 1.70. The number of hydrogen-bond donors (Lipinski definition) is 1. The molecule has 0 bridgehead atoms. The summed E-state index contributed by atoms with van der Waals surface area (Å²) >= 11 is 0. The Morgan fingerprint density at radius 1 is 1.14 bits per heavy atom. The molecule has 2 fully saturated rings. The van der Waals surface area contributed by atoms with E-state index in [-0.39, 0.29) is 5.41 Å². The fourth-order valence-corrected chi connectivity index (χ4v) is 6.99. The standard InChI is InChI=1S/C21H32O/c1-4-21(22)14-11-18-16-9-8-15-7-5-6-12-19(15,2)17(16)10-13-20(18,21)3/h5,7-8,16-18,22H,4,6,9-14H2,1-3H3/t16-,17+,18+,19+,20+,21-/m1/s1. The van der Waals surface area contributed by atoms with Gasteiger partial charge in [-0.3, -0.25) is 0 Å². The van der Waals surface area contributed by atoms with Crippen LogP contribution in [0.4, 0.5) is 0 Å². The maximum absolute atomic E-state index is 11.2. The summed E-state index contributed by atoms with van der Waals surface area (Å²) in [5.74, 6) is 2.38. The molecule has 0 saturated heterocycles. The first-order chi connectivity index (χ1) is 10.4. The second kappa shape index (κ2) is 4.72. The maximum atomic E-state index is 11.2. The topological polar surface area (TPSA) is 20.2 Å². The normalized spacial score (nSPS) is 53.5. The van der Waals surface area contributed by atoms with E-state index >= 15 is 0 Å². The van der Waals surface area contributed by atoms with Gasteiger partial charge in [-0.15, -0.1) is 0 Å². The van der Waals surface area contributed by atoms with Crippen molar-refractivity contribution in [2.24, 2.45) is 28.6 Å². The summed E-state index contributed by atoms with van der Waals surface area (Å²) in [5.41, 5.74) is 1.79. The Kier molecular flexibility index (Phi) is 3.22. The molecular weight excluding hydrogens is 268 g/mol. The summed E-state index contributed by atoms with van der Waals surface area (Å²) in [6.07, 6.45) is 16.9. The van der Waals surface area contributed by atoms with Gasteiger partial charge in [0, 0.05) is 0 Å². The molecular formula is C21H32O. The third-order valence-electron chi connectivity index (χ3n) is 8.56. The zero-order chi connectivity index (χ0) is 15.6. The van der Waals surface area contributed by atoms with E-state index in [9.17, 15) is 5.11 Å². The van der Waals surface area contributed by atoms with Crippen LogP contribution in [0.2, 0.25) is 0 Å². The average Bonchev–Trinajstić information content (AvgIpc) is 2.79. The fourth-order valence-electron chi connectivity index (χ4n) is 6.99. The molecule has 4 aliphatic carbocycles. The second-order valence-electron chi connectivity index (χ2n) is 9.01. The zero-order valence-electron chi connectivity index (χ0n) is 14.6. The minimum atomic E-state index is -0.403. The van der Waals surface area contributed by atoms with E-state index in [1.165, 1.54) is 38.5 Å². The van der Waals surface area contributed by atoms with Gasteiger partial charge in [-0.1, -0.05) is 39.0 Å². The van der Waals surface area contributed by atoms with Gasteiger partial charge < -0.3 is 5.11 Å². The molecule has 0 aromatic heterocycles. The number of aliphatic hydroxyl groups is 1. The molecule has 0 spiro atoms. The van der Waals surface area contributed by atoms with Gasteiger partial charge in [0.1, 0.15) is 0 Å². The molecule has 0 aliphatic heterocycles. The van der Waals surface area contributed by atoms with Crippen LogP contribution in [-0.2, 0) is 0 Å². The Hall–Kier alpha value is -0.560. The minimum Gasteiger partial charge on any atom is -0.389 e. The van der Waals surface area contributed by atoms with Crippen molar-refractivity contribution >= 4 is 0 Å². The first-order valence-corrected chi connectivity index (χ1v) is 9.54. The van der Waals surface area contributed by atoms with Crippen LogP contribution in [0.3, 0.4) is 0 Å². The van der Waals surface area contributed by atoms with Gasteiger partial charge in [-0.2, -0.15) is 0 Å². The van der Waals surface area contributed by atoms with Crippen LogP contribution >= 0.6 is 0 Å². The largest absolute Gasteiger partial charge is 0.389 e. The summed E-state index contributed by atoms with van der Waals surface area (Å²) in [6.45, 7) is 7.13. The lowest BCUT2D eigenvalue weighted by Crippen LogP contribution is -2.53. The predicted molar refractivity (Wildman–Crippen MR) is 91.5 cm³/mol. The van der Waals surface area contributed by atoms with E-state index in [2.05, 4.69) is 39.0 Å². The predicted octanol–water partition coefficient (Wildman–Crippen LogP) is 5.26. The highest BCUT2D eigenvalue weighted by molar-refractivity contribution is 5.34. The van der Waals surface area contributed by atoms with Crippen molar-refractivity contribution in [1.29, 1.82) is 0 Å². The number of rotatable bonds is 1. The number of fused-ring (bicyclic) bond motifs is 5. The Morgan fingerprint density at radius 3 is 2.68 bits per heavy atom. The molecule has 2 saturated carbocycles. The van der Waals surface area contributed by atoms with Gasteiger partial charge >= 0.3 is 0 Å². The van der Waals surface area contributed by atoms with Gasteiger partial charge in [0.05, 0.1) is 5.60 Å². The van der Waals surface area contributed by atoms with Crippen molar-refractivity contribution in [3.8, 4) is 0 Å². The molecule has 0 aromatic carbocycles. The molecule has 1 nitrogen and oxygen atoms in total. The van der Waals surface area contributed by atoms with Gasteiger partial charge in [0.2, 0.25) is 0 Å². The molecule has 1 N–H and O–H groups in total. The van der Waals surface area contributed by atoms with E-state index in [1.54, 1.807) is 5.57 Å². The van der Waals surface area contributed by atoms with Crippen molar-refractivity contribution < 1.29 is 5.11 Å². The molecule has 122 valence electrons. The van der Waals surface area contributed by atoms with E-state index in [4.69, 9.17) is 0 Å². The van der Waals surface area contributed by atoms with Crippen molar-refractivity contribution in [3.63, 3.8) is 0 Å². The van der Waals surface area contributed by atoms with Crippen LogP contribution in [0.25, 0.3) is 0 Å². The minimum absolute atomic E-state index is 0.162.